The topological polar surface area (TPSA) is 75.5 Å². The largest absolute Gasteiger partial charge is 0.463 e. The number of nitrogens with two attached hydrogens (primary N) is 1. The van der Waals surface area contributed by atoms with E-state index in [1.54, 1.807) is 6.26 Å². The van der Waals surface area contributed by atoms with Crippen LogP contribution in [-0.4, -0.2) is 9.97 Å². The molecule has 1 atom stereocenters. The maximum atomic E-state index is 12.6. The SMILES string of the molecule is C[C@H]([NH2+]Cc1nc2scc(-c3ccccc3)c2c(=O)[nH]1)c1ccco1. The Balaban J connectivity index is 1.62. The molecule has 1 aromatic carbocycles. The van der Waals surface area contributed by atoms with Crippen LogP contribution in [0.3, 0.4) is 0 Å². The number of quaternary nitrogens is 1. The smallest absolute Gasteiger partial charge is 0.260 e. The molecule has 6 heteroatoms. The van der Waals surface area contributed by atoms with Gasteiger partial charge in [0.25, 0.3) is 5.56 Å². The molecule has 5 nitrogen and oxygen atoms in total. The van der Waals surface area contributed by atoms with Crippen molar-refractivity contribution in [3.63, 3.8) is 0 Å². The summed E-state index contributed by atoms with van der Waals surface area (Å²) < 4.78 is 5.41. The second-order valence-corrected chi connectivity index (χ2v) is 6.81. The minimum Gasteiger partial charge on any atom is -0.463 e. The van der Waals surface area contributed by atoms with Crippen molar-refractivity contribution in [1.82, 2.24) is 9.97 Å². The summed E-state index contributed by atoms with van der Waals surface area (Å²) in [7, 11) is 0. The van der Waals surface area contributed by atoms with Crippen LogP contribution < -0.4 is 10.9 Å². The molecule has 0 spiro atoms. The predicted molar refractivity (Wildman–Crippen MR) is 98.4 cm³/mol. The zero-order valence-corrected chi connectivity index (χ0v) is 14.5. The van der Waals surface area contributed by atoms with Crippen molar-refractivity contribution in [3.05, 3.63) is 76.0 Å². The minimum atomic E-state index is -0.0841. The number of furan rings is 1. The molecule has 0 fully saturated rings. The van der Waals surface area contributed by atoms with Gasteiger partial charge in [0.2, 0.25) is 0 Å². The van der Waals surface area contributed by atoms with E-state index in [0.29, 0.717) is 17.8 Å². The highest BCUT2D eigenvalue weighted by Crippen LogP contribution is 2.30. The van der Waals surface area contributed by atoms with Gasteiger partial charge in [-0.15, -0.1) is 11.3 Å². The number of nitrogens with zero attached hydrogens (tertiary/aromatic N) is 1. The van der Waals surface area contributed by atoms with E-state index in [-0.39, 0.29) is 11.6 Å². The summed E-state index contributed by atoms with van der Waals surface area (Å²) in [4.78, 5) is 20.9. The first-order valence-corrected chi connectivity index (χ1v) is 9.03. The molecule has 0 aliphatic heterocycles. The Labute approximate surface area is 148 Å². The molecular formula is C19H18N3O2S+. The third kappa shape index (κ3) is 3.14. The monoisotopic (exact) mass is 352 g/mol. The number of hydrogen-bond donors (Lipinski definition) is 2. The fourth-order valence-corrected chi connectivity index (χ4v) is 3.84. The van der Waals surface area contributed by atoms with Crippen LogP contribution >= 0.6 is 11.3 Å². The van der Waals surface area contributed by atoms with Gasteiger partial charge < -0.3 is 14.7 Å². The van der Waals surface area contributed by atoms with E-state index in [4.69, 9.17) is 4.42 Å². The zero-order valence-electron chi connectivity index (χ0n) is 13.7. The number of aromatic amines is 1. The molecule has 3 aromatic heterocycles. The quantitative estimate of drug-likeness (QED) is 0.580. The lowest BCUT2D eigenvalue weighted by Crippen LogP contribution is -2.83. The van der Waals surface area contributed by atoms with Gasteiger partial charge in [0.05, 0.1) is 11.6 Å². The van der Waals surface area contributed by atoms with Crippen LogP contribution in [-0.2, 0) is 6.54 Å². The summed E-state index contributed by atoms with van der Waals surface area (Å²) in [5, 5.41) is 4.76. The number of aromatic nitrogens is 2. The van der Waals surface area contributed by atoms with Crippen LogP contribution in [0.5, 0.6) is 0 Å². The van der Waals surface area contributed by atoms with Crippen molar-refractivity contribution in [2.45, 2.75) is 19.5 Å². The average Bonchev–Trinajstić information content (AvgIpc) is 3.30. The van der Waals surface area contributed by atoms with Crippen molar-refractivity contribution in [2.75, 3.05) is 0 Å². The standard InChI is InChI=1S/C19H17N3O2S/c1-12(15-8-5-9-24-15)20-10-16-21-18(23)17-14(11-25-19(17)22-16)13-6-3-2-4-7-13/h2-9,11-12,20H,10H2,1H3,(H,21,22,23)/p+1/t12-/m0/s1. The first-order valence-electron chi connectivity index (χ1n) is 8.15. The second kappa shape index (κ2) is 6.66. The van der Waals surface area contributed by atoms with Crippen molar-refractivity contribution >= 4 is 21.6 Å². The molecular weight excluding hydrogens is 334 g/mol. The van der Waals surface area contributed by atoms with Crippen molar-refractivity contribution in [2.24, 2.45) is 0 Å². The molecule has 0 saturated carbocycles. The summed E-state index contributed by atoms with van der Waals surface area (Å²) in [6, 6.07) is 13.9. The molecule has 0 radical (unpaired) electrons. The first-order chi connectivity index (χ1) is 12.2. The van der Waals surface area contributed by atoms with Crippen molar-refractivity contribution < 1.29 is 9.73 Å². The lowest BCUT2D eigenvalue weighted by molar-refractivity contribution is -0.710. The van der Waals surface area contributed by atoms with Crippen LogP contribution in [0.2, 0.25) is 0 Å². The summed E-state index contributed by atoms with van der Waals surface area (Å²) >= 11 is 1.51. The van der Waals surface area contributed by atoms with E-state index in [0.717, 1.165) is 21.7 Å². The summed E-state index contributed by atoms with van der Waals surface area (Å²) in [5.41, 5.74) is 1.89. The third-order valence-corrected chi connectivity index (χ3v) is 5.11. The number of hydrogen-bond acceptors (Lipinski definition) is 4. The van der Waals surface area contributed by atoms with Gasteiger partial charge in [0, 0.05) is 10.9 Å². The van der Waals surface area contributed by atoms with E-state index in [9.17, 15) is 4.79 Å². The fraction of sp³-hybridized carbons (Fsp3) is 0.158. The van der Waals surface area contributed by atoms with Crippen LogP contribution in [0.1, 0.15) is 24.6 Å². The van der Waals surface area contributed by atoms with E-state index in [1.807, 2.05) is 47.8 Å². The molecule has 3 N–H and O–H groups in total. The summed E-state index contributed by atoms with van der Waals surface area (Å²) in [5.74, 6) is 1.59. The van der Waals surface area contributed by atoms with Gasteiger partial charge >= 0.3 is 0 Å². The van der Waals surface area contributed by atoms with Gasteiger partial charge in [-0.05, 0) is 24.6 Å². The van der Waals surface area contributed by atoms with E-state index >= 15 is 0 Å². The number of rotatable bonds is 5. The maximum absolute atomic E-state index is 12.6. The lowest BCUT2D eigenvalue weighted by Gasteiger charge is -2.07. The number of fused-ring (bicyclic) bond motifs is 1. The molecule has 3 heterocycles. The van der Waals surface area contributed by atoms with Crippen LogP contribution in [0.25, 0.3) is 21.3 Å². The zero-order chi connectivity index (χ0) is 17.2. The molecule has 25 heavy (non-hydrogen) atoms. The highest BCUT2D eigenvalue weighted by Gasteiger charge is 2.15. The van der Waals surface area contributed by atoms with Crippen molar-refractivity contribution in [3.8, 4) is 11.1 Å². The molecule has 0 aliphatic rings. The average molecular weight is 352 g/mol. The summed E-state index contributed by atoms with van der Waals surface area (Å²) in [6.07, 6.45) is 1.67. The molecule has 0 amide bonds. The lowest BCUT2D eigenvalue weighted by atomic mass is 10.1. The van der Waals surface area contributed by atoms with Gasteiger partial charge in [0.1, 0.15) is 17.4 Å². The van der Waals surface area contributed by atoms with E-state index in [2.05, 4.69) is 22.2 Å². The highest BCUT2D eigenvalue weighted by molar-refractivity contribution is 7.17. The molecule has 4 rings (SSSR count). The minimum absolute atomic E-state index is 0.0841. The van der Waals surface area contributed by atoms with Gasteiger partial charge in [-0.25, -0.2) is 4.98 Å². The number of thiophene rings is 1. The molecule has 126 valence electrons. The molecule has 0 saturated heterocycles. The highest BCUT2D eigenvalue weighted by atomic mass is 32.1. The fourth-order valence-electron chi connectivity index (χ4n) is 2.88. The van der Waals surface area contributed by atoms with Crippen molar-refractivity contribution in [1.29, 1.82) is 0 Å². The third-order valence-electron chi connectivity index (χ3n) is 4.23. The Kier molecular flexibility index (Phi) is 4.21. The molecule has 0 bridgehead atoms. The Bertz CT molecular complexity index is 1040. The number of nitrogens with one attached hydrogen (secondary N) is 1. The van der Waals surface area contributed by atoms with Gasteiger partial charge in [-0.3, -0.25) is 4.79 Å². The van der Waals surface area contributed by atoms with Crippen LogP contribution in [0.15, 0.2) is 63.3 Å². The Morgan fingerprint density at radius 2 is 2.08 bits per heavy atom. The predicted octanol–water partition coefficient (Wildman–Crippen LogP) is 3.07. The van der Waals surface area contributed by atoms with Gasteiger partial charge in [-0.1, -0.05) is 30.3 Å². The summed E-state index contributed by atoms with van der Waals surface area (Å²) in [6.45, 7) is 2.65. The van der Waals surface area contributed by atoms with E-state index < -0.39 is 0 Å². The number of H-pyrrole nitrogens is 1. The Morgan fingerprint density at radius 3 is 2.84 bits per heavy atom. The molecule has 0 unspecified atom stereocenters. The Morgan fingerprint density at radius 1 is 1.24 bits per heavy atom. The Hall–Kier alpha value is -2.70. The second-order valence-electron chi connectivity index (χ2n) is 5.95. The van der Waals surface area contributed by atoms with Gasteiger partial charge in [0.15, 0.2) is 11.6 Å². The number of benzene rings is 1. The maximum Gasteiger partial charge on any atom is 0.260 e. The normalized spacial score (nSPS) is 12.5. The molecule has 4 aromatic rings. The van der Waals surface area contributed by atoms with Gasteiger partial charge in [-0.2, -0.15) is 0 Å². The van der Waals surface area contributed by atoms with Crippen LogP contribution in [0.4, 0.5) is 0 Å². The van der Waals surface area contributed by atoms with Crippen LogP contribution in [0, 0.1) is 0 Å². The molecule has 0 aliphatic carbocycles. The first kappa shape index (κ1) is 15.8. The van der Waals surface area contributed by atoms with E-state index in [1.165, 1.54) is 11.3 Å².